The van der Waals surface area contributed by atoms with Crippen molar-refractivity contribution >= 4 is 17.5 Å². The fourth-order valence-electron chi connectivity index (χ4n) is 2.59. The highest BCUT2D eigenvalue weighted by molar-refractivity contribution is 5.51. The first-order valence-corrected chi connectivity index (χ1v) is 6.98. The van der Waals surface area contributed by atoms with Gasteiger partial charge in [0.15, 0.2) is 11.6 Å². The number of nitrogens with zero attached hydrogens (tertiary/aromatic N) is 4. The lowest BCUT2D eigenvalue weighted by atomic mass is 10.2. The van der Waals surface area contributed by atoms with Crippen molar-refractivity contribution in [2.45, 2.75) is 6.92 Å². The molecule has 2 N–H and O–H groups in total. The van der Waals surface area contributed by atoms with E-state index in [9.17, 15) is 4.39 Å². The number of nitrogens with two attached hydrogens (primary N) is 1. The number of rotatable bonds is 2. The SMILES string of the molecule is Cc1cccc(N2CCN(c3nc(N)ncc3F)CC2)c1. The summed E-state index contributed by atoms with van der Waals surface area (Å²) in [6, 6.07) is 8.41. The normalized spacial score (nSPS) is 15.3. The number of piperazine rings is 1. The molecule has 0 aliphatic carbocycles. The van der Waals surface area contributed by atoms with E-state index in [4.69, 9.17) is 5.73 Å². The van der Waals surface area contributed by atoms with Gasteiger partial charge in [-0.3, -0.25) is 0 Å². The van der Waals surface area contributed by atoms with Gasteiger partial charge in [-0.05, 0) is 24.6 Å². The summed E-state index contributed by atoms with van der Waals surface area (Å²) in [6.45, 7) is 5.15. The van der Waals surface area contributed by atoms with Crippen LogP contribution >= 0.6 is 0 Å². The fourth-order valence-corrected chi connectivity index (χ4v) is 2.59. The van der Waals surface area contributed by atoms with Gasteiger partial charge in [0.05, 0.1) is 6.20 Å². The average molecular weight is 287 g/mol. The molecule has 6 heteroatoms. The van der Waals surface area contributed by atoms with E-state index in [0.29, 0.717) is 18.9 Å². The molecule has 0 unspecified atom stereocenters. The highest BCUT2D eigenvalue weighted by Crippen LogP contribution is 2.22. The van der Waals surface area contributed by atoms with Crippen LogP contribution in [-0.4, -0.2) is 36.1 Å². The second kappa shape index (κ2) is 5.55. The number of aryl methyl sites for hydroxylation is 1. The maximum Gasteiger partial charge on any atom is 0.222 e. The van der Waals surface area contributed by atoms with Crippen LogP contribution in [0.2, 0.25) is 0 Å². The Morgan fingerprint density at radius 3 is 2.57 bits per heavy atom. The second-order valence-corrected chi connectivity index (χ2v) is 5.21. The molecule has 0 saturated carbocycles. The molecule has 0 bridgehead atoms. The number of anilines is 3. The minimum atomic E-state index is -0.423. The molecule has 1 aliphatic heterocycles. The predicted octanol–water partition coefficient (Wildman–Crippen LogP) is 1.83. The molecule has 1 aromatic carbocycles. The van der Waals surface area contributed by atoms with Gasteiger partial charge in [0.1, 0.15) is 0 Å². The molecule has 2 heterocycles. The van der Waals surface area contributed by atoms with Crippen LogP contribution < -0.4 is 15.5 Å². The lowest BCUT2D eigenvalue weighted by Crippen LogP contribution is -2.47. The number of benzene rings is 1. The van der Waals surface area contributed by atoms with E-state index < -0.39 is 5.82 Å². The molecule has 1 aromatic heterocycles. The lowest BCUT2D eigenvalue weighted by molar-refractivity contribution is 0.584. The van der Waals surface area contributed by atoms with E-state index in [-0.39, 0.29) is 5.95 Å². The highest BCUT2D eigenvalue weighted by Gasteiger charge is 2.21. The van der Waals surface area contributed by atoms with E-state index >= 15 is 0 Å². The quantitative estimate of drug-likeness (QED) is 0.913. The zero-order valence-electron chi connectivity index (χ0n) is 12.0. The molecule has 1 saturated heterocycles. The van der Waals surface area contributed by atoms with Crippen molar-refractivity contribution in [2.24, 2.45) is 0 Å². The van der Waals surface area contributed by atoms with Crippen molar-refractivity contribution in [1.82, 2.24) is 9.97 Å². The monoisotopic (exact) mass is 287 g/mol. The van der Waals surface area contributed by atoms with E-state index in [1.165, 1.54) is 11.3 Å². The Morgan fingerprint density at radius 1 is 1.14 bits per heavy atom. The molecule has 1 aliphatic rings. The maximum atomic E-state index is 13.8. The Balaban J connectivity index is 1.72. The maximum absolute atomic E-state index is 13.8. The van der Waals surface area contributed by atoms with E-state index in [2.05, 4.69) is 46.1 Å². The van der Waals surface area contributed by atoms with Crippen LogP contribution in [0.15, 0.2) is 30.5 Å². The summed E-state index contributed by atoms with van der Waals surface area (Å²) in [5.41, 5.74) is 7.99. The first kappa shape index (κ1) is 13.6. The summed E-state index contributed by atoms with van der Waals surface area (Å²) in [5.74, 6) is -0.0212. The third-order valence-corrected chi connectivity index (χ3v) is 3.69. The van der Waals surface area contributed by atoms with Crippen LogP contribution in [0, 0.1) is 12.7 Å². The Kier molecular flexibility index (Phi) is 3.60. The van der Waals surface area contributed by atoms with Gasteiger partial charge in [0.25, 0.3) is 0 Å². The molecule has 3 rings (SSSR count). The van der Waals surface area contributed by atoms with Gasteiger partial charge in [-0.15, -0.1) is 0 Å². The van der Waals surface area contributed by atoms with Gasteiger partial charge in [-0.25, -0.2) is 9.37 Å². The smallest absolute Gasteiger partial charge is 0.222 e. The largest absolute Gasteiger partial charge is 0.368 e. The van der Waals surface area contributed by atoms with Crippen LogP contribution in [0.25, 0.3) is 0 Å². The van der Waals surface area contributed by atoms with Crippen LogP contribution in [0.1, 0.15) is 5.56 Å². The van der Waals surface area contributed by atoms with Crippen molar-refractivity contribution in [2.75, 3.05) is 41.7 Å². The van der Waals surface area contributed by atoms with Crippen molar-refractivity contribution in [1.29, 1.82) is 0 Å². The Labute approximate surface area is 123 Å². The Hall–Kier alpha value is -2.37. The Bertz CT molecular complexity index is 638. The molecule has 110 valence electrons. The van der Waals surface area contributed by atoms with E-state index in [1.807, 2.05) is 4.90 Å². The molecular weight excluding hydrogens is 269 g/mol. The molecule has 0 spiro atoms. The summed E-state index contributed by atoms with van der Waals surface area (Å²) in [4.78, 5) is 11.9. The van der Waals surface area contributed by atoms with E-state index in [1.54, 1.807) is 0 Å². The first-order chi connectivity index (χ1) is 10.1. The zero-order chi connectivity index (χ0) is 14.8. The molecule has 5 nitrogen and oxygen atoms in total. The van der Waals surface area contributed by atoms with Crippen molar-refractivity contribution < 1.29 is 4.39 Å². The van der Waals surface area contributed by atoms with Gasteiger partial charge in [0.2, 0.25) is 5.95 Å². The van der Waals surface area contributed by atoms with Crippen LogP contribution in [0.5, 0.6) is 0 Å². The Morgan fingerprint density at radius 2 is 1.86 bits per heavy atom. The van der Waals surface area contributed by atoms with Crippen LogP contribution in [0.3, 0.4) is 0 Å². The molecule has 1 fully saturated rings. The van der Waals surface area contributed by atoms with E-state index in [0.717, 1.165) is 19.3 Å². The van der Waals surface area contributed by atoms with Crippen LogP contribution in [0.4, 0.5) is 21.8 Å². The molecule has 0 radical (unpaired) electrons. The van der Waals surface area contributed by atoms with Crippen molar-refractivity contribution in [3.8, 4) is 0 Å². The topological polar surface area (TPSA) is 58.3 Å². The number of hydrogen-bond acceptors (Lipinski definition) is 5. The third-order valence-electron chi connectivity index (χ3n) is 3.69. The van der Waals surface area contributed by atoms with Gasteiger partial charge in [-0.2, -0.15) is 4.98 Å². The van der Waals surface area contributed by atoms with Gasteiger partial charge in [0, 0.05) is 31.9 Å². The predicted molar refractivity (Wildman–Crippen MR) is 82.0 cm³/mol. The minimum Gasteiger partial charge on any atom is -0.368 e. The molecule has 2 aromatic rings. The molecule has 0 amide bonds. The molecule has 0 atom stereocenters. The zero-order valence-corrected chi connectivity index (χ0v) is 12.0. The summed E-state index contributed by atoms with van der Waals surface area (Å²) in [6.07, 6.45) is 1.13. The van der Waals surface area contributed by atoms with Gasteiger partial charge in [-0.1, -0.05) is 12.1 Å². The number of aromatic nitrogens is 2. The summed E-state index contributed by atoms with van der Waals surface area (Å²) in [5, 5.41) is 0. The second-order valence-electron chi connectivity index (χ2n) is 5.21. The molecular formula is C15H18FN5. The minimum absolute atomic E-state index is 0.104. The average Bonchev–Trinajstić information content (AvgIpc) is 2.50. The van der Waals surface area contributed by atoms with Crippen LogP contribution in [-0.2, 0) is 0 Å². The first-order valence-electron chi connectivity index (χ1n) is 6.98. The number of halogens is 1. The number of hydrogen-bond donors (Lipinski definition) is 1. The fraction of sp³-hybridized carbons (Fsp3) is 0.333. The summed E-state index contributed by atoms with van der Waals surface area (Å²) in [7, 11) is 0. The third kappa shape index (κ3) is 2.89. The lowest BCUT2D eigenvalue weighted by Gasteiger charge is -2.36. The van der Waals surface area contributed by atoms with Crippen molar-refractivity contribution in [3.63, 3.8) is 0 Å². The standard InChI is InChI=1S/C15H18FN5/c1-11-3-2-4-12(9-11)20-5-7-21(8-6-20)14-13(16)10-18-15(17)19-14/h2-4,9-10H,5-8H2,1H3,(H2,17,18,19). The molecule has 21 heavy (non-hydrogen) atoms. The van der Waals surface area contributed by atoms with Gasteiger partial charge >= 0.3 is 0 Å². The summed E-state index contributed by atoms with van der Waals surface area (Å²) >= 11 is 0. The highest BCUT2D eigenvalue weighted by atomic mass is 19.1. The summed E-state index contributed by atoms with van der Waals surface area (Å²) < 4.78 is 13.8. The number of nitrogen functional groups attached to an aromatic ring is 1. The van der Waals surface area contributed by atoms with Gasteiger partial charge < -0.3 is 15.5 Å². The van der Waals surface area contributed by atoms with Crippen molar-refractivity contribution in [3.05, 3.63) is 41.8 Å².